The van der Waals surface area contributed by atoms with Gasteiger partial charge in [0.25, 0.3) is 0 Å². The van der Waals surface area contributed by atoms with Gasteiger partial charge in [-0.15, -0.1) is 0 Å². The van der Waals surface area contributed by atoms with Crippen LogP contribution in [0.15, 0.2) is 24.0 Å². The largest absolute Gasteiger partial charge is 0.493 e. The fourth-order valence-corrected chi connectivity index (χ4v) is 8.73. The number of carboxylic acids is 1. The van der Waals surface area contributed by atoms with Gasteiger partial charge in [-0.1, -0.05) is 103 Å². The van der Waals surface area contributed by atoms with Crippen LogP contribution in [0.1, 0.15) is 141 Å². The second-order valence-electron chi connectivity index (χ2n) is 15.3. The van der Waals surface area contributed by atoms with Crippen LogP contribution < -0.4 is 9.47 Å². The molecule has 1 unspecified atom stereocenters. The first-order valence-electron chi connectivity index (χ1n) is 19.9. The predicted molar refractivity (Wildman–Crippen MR) is 196 cm³/mol. The number of rotatable bonds is 20. The van der Waals surface area contributed by atoms with Gasteiger partial charge in [0.05, 0.1) is 18.1 Å². The van der Waals surface area contributed by atoms with Crippen molar-refractivity contribution >= 4 is 17.9 Å². The first kappa shape index (κ1) is 43.4. The molecule has 0 aromatic heterocycles. The van der Waals surface area contributed by atoms with Crippen molar-refractivity contribution in [1.29, 1.82) is 0 Å². The van der Waals surface area contributed by atoms with Gasteiger partial charge in [0, 0.05) is 24.4 Å². The fraction of sp³-hybridized carbons (Fsp3) is 0.732. The number of likely N-dealkylation sites (N-methyl/N-ethyl adjacent to an activating group) is 1. The van der Waals surface area contributed by atoms with Gasteiger partial charge < -0.3 is 34.1 Å². The van der Waals surface area contributed by atoms with E-state index in [9.17, 15) is 27.9 Å². The number of carboxylic acid groups (broad SMARTS) is 1. The first-order chi connectivity index (χ1) is 25.7. The zero-order chi connectivity index (χ0) is 39.5. The molecule has 5 atom stereocenters. The molecule has 0 amide bonds. The minimum atomic E-state index is -5.08. The Labute approximate surface area is 317 Å². The van der Waals surface area contributed by atoms with E-state index in [1.807, 2.05) is 6.07 Å². The number of aliphatic hydroxyl groups is 1. The summed E-state index contributed by atoms with van der Waals surface area (Å²) in [6, 6.07) is 3.90. The molecule has 5 rings (SSSR count). The molecule has 13 heteroatoms. The molecular weight excluding hydrogens is 707 g/mol. The summed E-state index contributed by atoms with van der Waals surface area (Å²) < 4.78 is 55.4. The Morgan fingerprint density at radius 2 is 1.52 bits per heavy atom. The van der Waals surface area contributed by atoms with Gasteiger partial charge in [-0.3, -0.25) is 4.79 Å². The Bertz CT molecular complexity index is 1470. The Hall–Kier alpha value is -3.32. The van der Waals surface area contributed by atoms with E-state index < -0.39 is 41.3 Å². The zero-order valence-electron chi connectivity index (χ0n) is 32.4. The lowest BCUT2D eigenvalue weighted by Gasteiger charge is -2.61. The van der Waals surface area contributed by atoms with Crippen molar-refractivity contribution in [3.05, 3.63) is 35.1 Å². The number of halogens is 3. The maximum Gasteiger partial charge on any atom is 0.490 e. The highest BCUT2D eigenvalue weighted by atomic mass is 19.4. The summed E-state index contributed by atoms with van der Waals surface area (Å²) in [5.74, 6) is -2.15. The molecule has 2 N–H and O–H groups in total. The molecule has 0 saturated carbocycles. The smallest absolute Gasteiger partial charge is 0.490 e. The summed E-state index contributed by atoms with van der Waals surface area (Å²) in [5.41, 5.74) is 0.298. The maximum absolute atomic E-state index is 13.2. The lowest BCUT2D eigenvalue weighted by Crippen LogP contribution is -2.74. The average molecular weight is 768 g/mol. The van der Waals surface area contributed by atoms with Crippen LogP contribution in [0.3, 0.4) is 0 Å². The highest BCUT2D eigenvalue weighted by Gasteiger charge is 2.72. The Kier molecular flexibility index (Phi) is 15.7. The van der Waals surface area contributed by atoms with E-state index >= 15 is 0 Å². The molecule has 2 bridgehead atoms. The number of hydrogen-bond acceptors (Lipinski definition) is 9. The molecule has 0 radical (unpaired) electrons. The number of aliphatic carboxylic acids is 1. The monoisotopic (exact) mass is 767 g/mol. The number of alkyl halides is 3. The Morgan fingerprint density at radius 1 is 0.963 bits per heavy atom. The number of methoxy groups -OCH3 is 1. The molecule has 1 aromatic rings. The van der Waals surface area contributed by atoms with Gasteiger partial charge in [0.15, 0.2) is 23.7 Å². The minimum Gasteiger partial charge on any atom is -0.493 e. The van der Waals surface area contributed by atoms with Crippen molar-refractivity contribution < 1.29 is 56.7 Å². The SMILES string of the molecule is CCCCCCCCCCCCCCCCCC(=O)OC(C)C(=O)OC1=CC[C@@]2(O)[C@H]3Cc4ccc(OC)c5c4[C@@]2(CCN3C)[C@H]1O5.O=C(O)C(F)(F)F. The number of benzene rings is 1. The summed E-state index contributed by atoms with van der Waals surface area (Å²) >= 11 is 0. The van der Waals surface area contributed by atoms with Gasteiger partial charge in [-0.2, -0.15) is 13.2 Å². The van der Waals surface area contributed by atoms with Crippen molar-refractivity contribution in [2.75, 3.05) is 20.7 Å². The van der Waals surface area contributed by atoms with Crippen LogP contribution in [0, 0.1) is 0 Å². The summed E-state index contributed by atoms with van der Waals surface area (Å²) in [7, 11) is 3.67. The van der Waals surface area contributed by atoms with Gasteiger partial charge in [-0.25, -0.2) is 9.59 Å². The summed E-state index contributed by atoms with van der Waals surface area (Å²) in [6.07, 6.45) is 16.0. The highest BCUT2D eigenvalue weighted by Crippen LogP contribution is 2.65. The number of likely N-dealkylation sites (tertiary alicyclic amines) is 1. The topological polar surface area (TPSA) is 132 Å². The van der Waals surface area contributed by atoms with E-state index in [1.54, 1.807) is 20.1 Å². The second kappa shape index (κ2) is 19.5. The van der Waals surface area contributed by atoms with Gasteiger partial charge >= 0.3 is 24.1 Å². The van der Waals surface area contributed by atoms with Crippen LogP contribution >= 0.6 is 0 Å². The lowest BCUT2D eigenvalue weighted by atomic mass is 9.50. The molecule has 54 heavy (non-hydrogen) atoms. The van der Waals surface area contributed by atoms with Crippen LogP contribution in [0.5, 0.6) is 11.5 Å². The van der Waals surface area contributed by atoms with E-state index in [0.29, 0.717) is 42.9 Å². The quantitative estimate of drug-likeness (QED) is 0.0986. The average Bonchev–Trinajstić information content (AvgIpc) is 3.48. The van der Waals surface area contributed by atoms with Gasteiger partial charge in [0.2, 0.25) is 0 Å². The molecule has 304 valence electrons. The molecule has 2 aliphatic heterocycles. The van der Waals surface area contributed by atoms with Crippen molar-refractivity contribution in [1.82, 2.24) is 4.90 Å². The summed E-state index contributed by atoms with van der Waals surface area (Å²) in [4.78, 5) is 36.9. The third-order valence-corrected chi connectivity index (χ3v) is 11.6. The Morgan fingerprint density at radius 3 is 2.06 bits per heavy atom. The normalized spacial score (nSPS) is 24.3. The molecule has 1 fully saturated rings. The van der Waals surface area contributed by atoms with E-state index in [2.05, 4.69) is 24.9 Å². The van der Waals surface area contributed by atoms with Crippen molar-refractivity contribution in [2.45, 2.75) is 171 Å². The number of unbranched alkanes of at least 4 members (excludes halogenated alkanes) is 14. The summed E-state index contributed by atoms with van der Waals surface area (Å²) in [6.45, 7) is 4.61. The van der Waals surface area contributed by atoms with E-state index in [4.69, 9.17) is 28.8 Å². The molecule has 10 nitrogen and oxygen atoms in total. The van der Waals surface area contributed by atoms with Gasteiger partial charge in [0.1, 0.15) is 5.76 Å². The molecule has 1 spiro atoms. The number of esters is 2. The maximum atomic E-state index is 13.2. The van der Waals surface area contributed by atoms with E-state index in [-0.39, 0.29) is 12.0 Å². The summed E-state index contributed by atoms with van der Waals surface area (Å²) in [5, 5.41) is 19.5. The van der Waals surface area contributed by atoms with Gasteiger partial charge in [-0.05, 0) is 57.5 Å². The van der Waals surface area contributed by atoms with E-state index in [1.165, 1.54) is 77.0 Å². The van der Waals surface area contributed by atoms with Crippen molar-refractivity contribution in [3.63, 3.8) is 0 Å². The van der Waals surface area contributed by atoms with Crippen molar-refractivity contribution in [2.24, 2.45) is 0 Å². The van der Waals surface area contributed by atoms with E-state index in [0.717, 1.165) is 36.9 Å². The Balaban J connectivity index is 0.000000845. The fourth-order valence-electron chi connectivity index (χ4n) is 8.73. The predicted octanol–water partition coefficient (Wildman–Crippen LogP) is 8.34. The third kappa shape index (κ3) is 9.91. The molecule has 4 aliphatic rings. The first-order valence-corrected chi connectivity index (χ1v) is 19.9. The van der Waals surface area contributed by atoms with Crippen LogP contribution in [0.25, 0.3) is 0 Å². The standard InChI is InChI=1S/C39H59NO7.C2HF3O2/c1-5-6-7-8-9-10-11-12-13-14-15-16-17-18-19-20-33(41)45-28(2)37(42)46-31-23-24-39(43)32-27-29-21-22-30(44-4)35-34(29)38(39,36(31)47-35)25-26-40(32)3;3-2(4,5)1(6)7/h21-23,28,32,36,43H,5-20,24-27H2,1-4H3;(H,6,7)/t28?,32-,36+,38+,39-;/m1./s1. The molecule has 1 saturated heterocycles. The molecule has 2 heterocycles. The number of piperidine rings is 1. The zero-order valence-corrected chi connectivity index (χ0v) is 32.4. The second-order valence-corrected chi connectivity index (χ2v) is 15.3. The number of carbonyl (C=O) groups excluding carboxylic acids is 2. The van der Waals surface area contributed by atoms with Crippen LogP contribution in [-0.4, -0.2) is 83.8 Å². The van der Waals surface area contributed by atoms with Crippen LogP contribution in [0.2, 0.25) is 0 Å². The molecular formula is C41H60F3NO9. The van der Waals surface area contributed by atoms with Crippen LogP contribution in [0.4, 0.5) is 13.2 Å². The lowest BCUT2D eigenvalue weighted by molar-refractivity contribution is -0.192. The number of carbonyl (C=O) groups is 3. The number of hydrogen-bond donors (Lipinski definition) is 2. The molecule has 2 aliphatic carbocycles. The number of ether oxygens (including phenoxy) is 4. The third-order valence-electron chi connectivity index (χ3n) is 11.6. The molecule has 1 aromatic carbocycles. The number of nitrogens with zero attached hydrogens (tertiary/aromatic N) is 1. The van der Waals surface area contributed by atoms with Crippen LogP contribution in [-0.2, 0) is 35.7 Å². The van der Waals surface area contributed by atoms with Crippen molar-refractivity contribution in [3.8, 4) is 11.5 Å². The minimum absolute atomic E-state index is 0.0812. The highest BCUT2D eigenvalue weighted by molar-refractivity contribution is 5.80.